The maximum atomic E-state index is 13.2. The van der Waals surface area contributed by atoms with Crippen molar-refractivity contribution < 1.29 is 14.4 Å². The van der Waals surface area contributed by atoms with Crippen LogP contribution in [-0.4, -0.2) is 47.7 Å². The number of carbonyl (C=O) groups excluding carboxylic acids is 3. The second-order valence-corrected chi connectivity index (χ2v) is 8.38. The first-order valence-corrected chi connectivity index (χ1v) is 10.2. The van der Waals surface area contributed by atoms with Gasteiger partial charge in [0.25, 0.3) is 5.91 Å². The van der Waals surface area contributed by atoms with Crippen LogP contribution >= 0.6 is 0 Å². The maximum absolute atomic E-state index is 13.2. The van der Waals surface area contributed by atoms with E-state index in [2.05, 4.69) is 5.32 Å². The summed E-state index contributed by atoms with van der Waals surface area (Å²) in [5.41, 5.74) is 3.21. The van der Waals surface area contributed by atoms with E-state index in [9.17, 15) is 14.4 Å². The van der Waals surface area contributed by atoms with Crippen molar-refractivity contribution in [2.45, 2.75) is 39.3 Å². The number of benzene rings is 2. The Morgan fingerprint density at radius 1 is 1.07 bits per heavy atom. The van der Waals surface area contributed by atoms with Gasteiger partial charge in [-0.05, 0) is 35.2 Å². The first-order valence-electron chi connectivity index (χ1n) is 10.2. The second kappa shape index (κ2) is 9.11. The minimum atomic E-state index is -0.584. The molecule has 0 fully saturated rings. The number of nitrogens with zero attached hydrogens (tertiary/aromatic N) is 2. The van der Waals surface area contributed by atoms with Crippen molar-refractivity contribution in [2.75, 3.05) is 19.4 Å². The molecule has 0 aromatic heterocycles. The van der Waals surface area contributed by atoms with Gasteiger partial charge >= 0.3 is 0 Å². The molecule has 1 atom stereocenters. The van der Waals surface area contributed by atoms with Crippen LogP contribution in [0.2, 0.25) is 0 Å². The predicted molar refractivity (Wildman–Crippen MR) is 117 cm³/mol. The molecule has 0 saturated carbocycles. The normalized spacial score (nSPS) is 15.5. The fourth-order valence-corrected chi connectivity index (χ4v) is 3.70. The number of amides is 3. The third kappa shape index (κ3) is 4.87. The fraction of sp³-hybridized carbons (Fsp3) is 0.375. The molecule has 0 bridgehead atoms. The SMILES string of the molecule is CC(C)CC(=O)N1Cc2ccccc2CC1C(=O)Nc1cccc(C(=O)N(C)C)c1. The topological polar surface area (TPSA) is 69.7 Å². The van der Waals surface area contributed by atoms with Crippen LogP contribution in [0, 0.1) is 5.92 Å². The zero-order chi connectivity index (χ0) is 21.8. The minimum absolute atomic E-state index is 0.0174. The third-order valence-electron chi connectivity index (χ3n) is 5.24. The van der Waals surface area contributed by atoms with E-state index in [1.54, 1.807) is 43.3 Å². The molecule has 0 saturated heterocycles. The van der Waals surface area contributed by atoms with Gasteiger partial charge in [0, 0.05) is 44.7 Å². The summed E-state index contributed by atoms with van der Waals surface area (Å²) >= 11 is 0. The van der Waals surface area contributed by atoms with E-state index in [4.69, 9.17) is 0 Å². The lowest BCUT2D eigenvalue weighted by Crippen LogP contribution is -2.50. The molecule has 158 valence electrons. The highest BCUT2D eigenvalue weighted by molar-refractivity contribution is 6.00. The largest absolute Gasteiger partial charge is 0.345 e. The van der Waals surface area contributed by atoms with Gasteiger partial charge in [-0.3, -0.25) is 14.4 Å². The third-order valence-corrected chi connectivity index (χ3v) is 5.24. The van der Waals surface area contributed by atoms with Gasteiger partial charge in [0.1, 0.15) is 6.04 Å². The summed E-state index contributed by atoms with van der Waals surface area (Å²) in [6, 6.07) is 14.2. The molecule has 1 aliphatic heterocycles. The van der Waals surface area contributed by atoms with Gasteiger partial charge < -0.3 is 15.1 Å². The molecule has 1 heterocycles. The van der Waals surface area contributed by atoms with E-state index in [0.29, 0.717) is 30.6 Å². The molecule has 2 aromatic carbocycles. The first-order chi connectivity index (χ1) is 14.3. The summed E-state index contributed by atoms with van der Waals surface area (Å²) in [6.07, 6.45) is 0.876. The van der Waals surface area contributed by atoms with Gasteiger partial charge in [0.2, 0.25) is 11.8 Å². The molecule has 0 aliphatic carbocycles. The van der Waals surface area contributed by atoms with Crippen molar-refractivity contribution in [1.82, 2.24) is 9.80 Å². The highest BCUT2D eigenvalue weighted by atomic mass is 16.2. The van der Waals surface area contributed by atoms with Crippen molar-refractivity contribution in [2.24, 2.45) is 5.92 Å². The average Bonchev–Trinajstić information content (AvgIpc) is 2.71. The Morgan fingerprint density at radius 2 is 1.77 bits per heavy atom. The van der Waals surface area contributed by atoms with Crippen LogP contribution in [0.1, 0.15) is 41.8 Å². The van der Waals surface area contributed by atoms with Crippen LogP contribution in [0.3, 0.4) is 0 Å². The van der Waals surface area contributed by atoms with Gasteiger partial charge in [-0.2, -0.15) is 0 Å². The van der Waals surface area contributed by atoms with Crippen LogP contribution < -0.4 is 5.32 Å². The van der Waals surface area contributed by atoms with Crippen LogP contribution in [0.25, 0.3) is 0 Å². The van der Waals surface area contributed by atoms with Crippen molar-refractivity contribution in [1.29, 1.82) is 0 Å². The van der Waals surface area contributed by atoms with Gasteiger partial charge in [-0.25, -0.2) is 0 Å². The molecule has 1 unspecified atom stereocenters. The summed E-state index contributed by atoms with van der Waals surface area (Å²) in [7, 11) is 3.37. The number of anilines is 1. The number of fused-ring (bicyclic) bond motifs is 1. The molecule has 2 aromatic rings. The van der Waals surface area contributed by atoms with E-state index < -0.39 is 6.04 Å². The Labute approximate surface area is 177 Å². The lowest BCUT2D eigenvalue weighted by molar-refractivity contribution is -0.140. The minimum Gasteiger partial charge on any atom is -0.345 e. The zero-order valence-corrected chi connectivity index (χ0v) is 18.0. The molecular formula is C24H29N3O3. The van der Waals surface area contributed by atoms with Crippen molar-refractivity contribution in [3.8, 4) is 0 Å². The Bertz CT molecular complexity index is 952. The lowest BCUT2D eigenvalue weighted by Gasteiger charge is -2.36. The van der Waals surface area contributed by atoms with E-state index in [1.165, 1.54) is 4.90 Å². The molecular weight excluding hydrogens is 378 g/mol. The number of hydrogen-bond donors (Lipinski definition) is 1. The summed E-state index contributed by atoms with van der Waals surface area (Å²) < 4.78 is 0. The Balaban J connectivity index is 1.84. The maximum Gasteiger partial charge on any atom is 0.253 e. The molecule has 0 radical (unpaired) electrons. The van der Waals surface area contributed by atoms with Crippen molar-refractivity contribution >= 4 is 23.4 Å². The Kier molecular flexibility index (Phi) is 6.55. The standard InChI is InChI=1S/C24H29N3O3/c1-16(2)12-22(28)27-15-19-9-6-5-8-17(19)14-21(27)23(29)25-20-11-7-10-18(13-20)24(30)26(3)4/h5-11,13,16,21H,12,14-15H2,1-4H3,(H,25,29). The number of hydrogen-bond acceptors (Lipinski definition) is 3. The molecule has 1 N–H and O–H groups in total. The lowest BCUT2D eigenvalue weighted by atomic mass is 9.92. The van der Waals surface area contributed by atoms with Gasteiger partial charge in [0.05, 0.1) is 0 Å². The average molecular weight is 408 g/mol. The zero-order valence-electron chi connectivity index (χ0n) is 18.0. The fourth-order valence-electron chi connectivity index (χ4n) is 3.70. The molecule has 3 amide bonds. The van der Waals surface area contributed by atoms with Crippen LogP contribution in [0.15, 0.2) is 48.5 Å². The molecule has 0 spiro atoms. The van der Waals surface area contributed by atoms with Gasteiger partial charge in [-0.1, -0.05) is 44.2 Å². The number of nitrogens with one attached hydrogen (secondary N) is 1. The van der Waals surface area contributed by atoms with Crippen LogP contribution in [0.5, 0.6) is 0 Å². The van der Waals surface area contributed by atoms with Crippen LogP contribution in [-0.2, 0) is 22.6 Å². The molecule has 6 heteroatoms. The van der Waals surface area contributed by atoms with Crippen molar-refractivity contribution in [3.05, 3.63) is 65.2 Å². The number of carbonyl (C=O) groups is 3. The quantitative estimate of drug-likeness (QED) is 0.827. The summed E-state index contributed by atoms with van der Waals surface area (Å²) in [5.74, 6) is -0.175. The van der Waals surface area contributed by atoms with Crippen LogP contribution in [0.4, 0.5) is 5.69 Å². The molecule has 1 aliphatic rings. The first kappa shape index (κ1) is 21.6. The molecule has 3 rings (SSSR count). The summed E-state index contributed by atoms with van der Waals surface area (Å²) in [4.78, 5) is 41.5. The molecule has 30 heavy (non-hydrogen) atoms. The summed E-state index contributed by atoms with van der Waals surface area (Å²) in [6.45, 7) is 4.43. The van der Waals surface area contributed by atoms with Gasteiger partial charge in [0.15, 0.2) is 0 Å². The predicted octanol–water partition coefficient (Wildman–Crippen LogP) is 3.33. The number of rotatable bonds is 5. The van der Waals surface area contributed by atoms with Gasteiger partial charge in [-0.15, -0.1) is 0 Å². The monoisotopic (exact) mass is 407 g/mol. The van der Waals surface area contributed by atoms with E-state index in [0.717, 1.165) is 11.1 Å². The van der Waals surface area contributed by atoms with E-state index in [1.807, 2.05) is 38.1 Å². The highest BCUT2D eigenvalue weighted by Crippen LogP contribution is 2.26. The Hall–Kier alpha value is -3.15. The Morgan fingerprint density at radius 3 is 2.43 bits per heavy atom. The summed E-state index contributed by atoms with van der Waals surface area (Å²) in [5, 5.41) is 2.91. The van der Waals surface area contributed by atoms with E-state index >= 15 is 0 Å². The molecule has 6 nitrogen and oxygen atoms in total. The smallest absolute Gasteiger partial charge is 0.253 e. The second-order valence-electron chi connectivity index (χ2n) is 8.38. The highest BCUT2D eigenvalue weighted by Gasteiger charge is 2.34. The van der Waals surface area contributed by atoms with Crippen molar-refractivity contribution in [3.63, 3.8) is 0 Å². The van der Waals surface area contributed by atoms with E-state index in [-0.39, 0.29) is 23.6 Å².